The zero-order chi connectivity index (χ0) is 14.7. The molecular weight excluding hydrogens is 280 g/mol. The third kappa shape index (κ3) is 2.72. The van der Waals surface area contributed by atoms with Crippen LogP contribution in [0.2, 0.25) is 0 Å². The van der Waals surface area contributed by atoms with Gasteiger partial charge < -0.3 is 19.5 Å². The quantitative estimate of drug-likeness (QED) is 0.828. The lowest BCUT2D eigenvalue weighted by atomic mass is 10.1. The number of hydrogen-bond acceptors (Lipinski definition) is 6. The molecule has 0 saturated carbocycles. The number of amides is 1. The lowest BCUT2D eigenvalue weighted by molar-refractivity contribution is -0.115. The molecule has 1 amide bonds. The molecule has 2 rings (SSSR count). The second-order valence-corrected chi connectivity index (χ2v) is 4.89. The molecule has 0 unspecified atom stereocenters. The molecule has 2 N–H and O–H groups in total. The average molecular weight is 294 g/mol. The molecule has 20 heavy (non-hydrogen) atoms. The summed E-state index contributed by atoms with van der Waals surface area (Å²) in [6.07, 6.45) is 1.64. The van der Waals surface area contributed by atoms with E-state index in [-0.39, 0.29) is 11.1 Å². The van der Waals surface area contributed by atoms with Crippen molar-refractivity contribution in [2.75, 3.05) is 21.3 Å². The van der Waals surface area contributed by atoms with Gasteiger partial charge >= 0.3 is 0 Å². The van der Waals surface area contributed by atoms with Gasteiger partial charge in [0.25, 0.3) is 5.91 Å². The van der Waals surface area contributed by atoms with Gasteiger partial charge in [-0.2, -0.15) is 0 Å². The van der Waals surface area contributed by atoms with Crippen molar-refractivity contribution in [3.63, 3.8) is 0 Å². The van der Waals surface area contributed by atoms with Gasteiger partial charge in [-0.05, 0) is 17.8 Å². The fourth-order valence-electron chi connectivity index (χ4n) is 1.75. The summed E-state index contributed by atoms with van der Waals surface area (Å²) in [5.41, 5.74) is 0.628. The van der Waals surface area contributed by atoms with Gasteiger partial charge in [-0.1, -0.05) is 0 Å². The molecule has 1 heterocycles. The highest BCUT2D eigenvalue weighted by molar-refractivity contribution is 8.18. The summed E-state index contributed by atoms with van der Waals surface area (Å²) >= 11 is 1.06. The van der Waals surface area contributed by atoms with E-state index in [1.54, 1.807) is 25.3 Å². The Morgan fingerprint density at radius 3 is 2.15 bits per heavy atom. The normalized spacial score (nSPS) is 16.2. The van der Waals surface area contributed by atoms with Crippen molar-refractivity contribution in [2.45, 2.75) is 0 Å². The third-order valence-corrected chi connectivity index (χ3v) is 3.52. The van der Waals surface area contributed by atoms with Gasteiger partial charge in [-0.15, -0.1) is 0 Å². The number of hydrogen-bond donors (Lipinski definition) is 2. The van der Waals surface area contributed by atoms with E-state index in [9.17, 15) is 4.79 Å². The standard InChI is InChI=1S/C13H14N2O4S/c1-17-7-4-9(18-2)8(10(5-7)19-3)6-11-12(16)15-13(14)20-11/h4-6H,1-3H3,(H2,14,15,16). The minimum atomic E-state index is -0.306. The highest BCUT2D eigenvalue weighted by atomic mass is 32.2. The van der Waals surface area contributed by atoms with Gasteiger partial charge in [0.1, 0.15) is 17.2 Å². The van der Waals surface area contributed by atoms with Gasteiger partial charge in [-0.3, -0.25) is 10.2 Å². The molecule has 106 valence electrons. The molecule has 1 aromatic rings. The Hall–Kier alpha value is -2.15. The Kier molecular flexibility index (Phi) is 4.19. The number of nitrogens with one attached hydrogen (secondary N) is 2. The van der Waals surface area contributed by atoms with Crippen LogP contribution in [0.4, 0.5) is 0 Å². The zero-order valence-electron chi connectivity index (χ0n) is 11.3. The van der Waals surface area contributed by atoms with Crippen LogP contribution in [0.5, 0.6) is 17.2 Å². The summed E-state index contributed by atoms with van der Waals surface area (Å²) in [5.74, 6) is 1.35. The first-order valence-electron chi connectivity index (χ1n) is 5.68. The predicted octanol–water partition coefficient (Wildman–Crippen LogP) is 1.85. The lowest BCUT2D eigenvalue weighted by Gasteiger charge is -2.12. The average Bonchev–Trinajstić information content (AvgIpc) is 2.76. The summed E-state index contributed by atoms with van der Waals surface area (Å²) in [6, 6.07) is 3.41. The molecule has 1 fully saturated rings. The summed E-state index contributed by atoms with van der Waals surface area (Å²) in [4.78, 5) is 12.1. The number of thioether (sulfide) groups is 1. The first-order valence-corrected chi connectivity index (χ1v) is 6.50. The first kappa shape index (κ1) is 14.3. The van der Waals surface area contributed by atoms with Crippen LogP contribution in [-0.4, -0.2) is 32.4 Å². The highest BCUT2D eigenvalue weighted by Gasteiger charge is 2.24. The van der Waals surface area contributed by atoms with Gasteiger partial charge in [-0.25, -0.2) is 0 Å². The molecule has 1 aromatic carbocycles. The van der Waals surface area contributed by atoms with E-state index < -0.39 is 0 Å². The second kappa shape index (κ2) is 5.87. The van der Waals surface area contributed by atoms with E-state index in [1.807, 2.05) is 0 Å². The van der Waals surface area contributed by atoms with Crippen LogP contribution in [0.15, 0.2) is 17.0 Å². The third-order valence-electron chi connectivity index (χ3n) is 2.69. The van der Waals surface area contributed by atoms with E-state index in [2.05, 4.69) is 5.32 Å². The van der Waals surface area contributed by atoms with E-state index in [1.165, 1.54) is 14.2 Å². The number of carbonyl (C=O) groups excluding carboxylic acids is 1. The molecule has 1 aliphatic rings. The molecule has 0 bridgehead atoms. The molecule has 0 radical (unpaired) electrons. The van der Waals surface area contributed by atoms with Crippen molar-refractivity contribution in [3.8, 4) is 17.2 Å². The monoisotopic (exact) mass is 294 g/mol. The first-order chi connectivity index (χ1) is 9.58. The van der Waals surface area contributed by atoms with E-state index in [4.69, 9.17) is 19.6 Å². The van der Waals surface area contributed by atoms with Crippen LogP contribution < -0.4 is 19.5 Å². The van der Waals surface area contributed by atoms with E-state index in [0.717, 1.165) is 11.8 Å². The largest absolute Gasteiger partial charge is 0.496 e. The van der Waals surface area contributed by atoms with Crippen molar-refractivity contribution in [1.82, 2.24) is 5.32 Å². The Morgan fingerprint density at radius 1 is 1.15 bits per heavy atom. The second-order valence-electron chi connectivity index (χ2n) is 3.84. The van der Waals surface area contributed by atoms with E-state index >= 15 is 0 Å². The minimum Gasteiger partial charge on any atom is -0.496 e. The lowest BCUT2D eigenvalue weighted by Crippen LogP contribution is -2.18. The summed E-state index contributed by atoms with van der Waals surface area (Å²) in [6.45, 7) is 0. The molecule has 0 spiro atoms. The van der Waals surface area contributed by atoms with Crippen molar-refractivity contribution in [3.05, 3.63) is 22.6 Å². The summed E-state index contributed by atoms with van der Waals surface area (Å²) in [7, 11) is 4.61. The molecule has 1 saturated heterocycles. The van der Waals surface area contributed by atoms with Crippen molar-refractivity contribution < 1.29 is 19.0 Å². The Labute approximate surface area is 120 Å². The fourth-order valence-corrected chi connectivity index (χ4v) is 2.43. The Balaban J connectivity index is 2.52. The smallest absolute Gasteiger partial charge is 0.264 e. The number of methoxy groups -OCH3 is 3. The maximum absolute atomic E-state index is 11.7. The van der Waals surface area contributed by atoms with Crippen LogP contribution in [0.1, 0.15) is 5.56 Å². The maximum Gasteiger partial charge on any atom is 0.264 e. The molecule has 0 aromatic heterocycles. The number of carbonyl (C=O) groups is 1. The number of benzene rings is 1. The van der Waals surface area contributed by atoms with E-state index in [0.29, 0.717) is 27.7 Å². The predicted molar refractivity (Wildman–Crippen MR) is 77.5 cm³/mol. The van der Waals surface area contributed by atoms with Crippen LogP contribution >= 0.6 is 11.8 Å². The van der Waals surface area contributed by atoms with Crippen LogP contribution in [0, 0.1) is 5.41 Å². The molecule has 1 aliphatic heterocycles. The molecule has 0 atom stereocenters. The van der Waals surface area contributed by atoms with Gasteiger partial charge in [0, 0.05) is 12.1 Å². The van der Waals surface area contributed by atoms with Crippen LogP contribution in [0.25, 0.3) is 6.08 Å². The highest BCUT2D eigenvalue weighted by Crippen LogP contribution is 2.37. The molecule has 0 aliphatic carbocycles. The summed E-state index contributed by atoms with van der Waals surface area (Å²) in [5, 5.41) is 9.97. The van der Waals surface area contributed by atoms with Crippen molar-refractivity contribution >= 4 is 28.9 Å². The molecular formula is C13H14N2O4S. The van der Waals surface area contributed by atoms with Crippen LogP contribution in [-0.2, 0) is 4.79 Å². The number of amidine groups is 1. The van der Waals surface area contributed by atoms with Gasteiger partial charge in [0.2, 0.25) is 0 Å². The van der Waals surface area contributed by atoms with Gasteiger partial charge in [0.05, 0.1) is 31.8 Å². The zero-order valence-corrected chi connectivity index (χ0v) is 12.1. The number of ether oxygens (including phenoxy) is 3. The van der Waals surface area contributed by atoms with Gasteiger partial charge in [0.15, 0.2) is 5.17 Å². The van der Waals surface area contributed by atoms with Crippen LogP contribution in [0.3, 0.4) is 0 Å². The fraction of sp³-hybridized carbons (Fsp3) is 0.231. The number of rotatable bonds is 4. The maximum atomic E-state index is 11.7. The minimum absolute atomic E-state index is 0.104. The molecule has 6 nitrogen and oxygen atoms in total. The topological polar surface area (TPSA) is 80.6 Å². The summed E-state index contributed by atoms with van der Waals surface area (Å²) < 4.78 is 15.8. The Bertz CT molecular complexity index is 573. The van der Waals surface area contributed by atoms with Crippen molar-refractivity contribution in [1.29, 1.82) is 5.41 Å². The molecule has 7 heteroatoms. The Morgan fingerprint density at radius 2 is 1.75 bits per heavy atom. The SMILES string of the molecule is COc1cc(OC)c(C=C2SC(=N)NC2=O)c(OC)c1. The van der Waals surface area contributed by atoms with Crippen molar-refractivity contribution in [2.24, 2.45) is 0 Å².